The highest BCUT2D eigenvalue weighted by molar-refractivity contribution is 5.79. The Morgan fingerprint density at radius 3 is 2.76 bits per heavy atom. The second-order valence-corrected chi connectivity index (χ2v) is 3.21. The van der Waals surface area contributed by atoms with Gasteiger partial charge >= 0.3 is 0 Å². The van der Waals surface area contributed by atoms with Crippen LogP contribution in [0.15, 0.2) is 18.2 Å². The van der Waals surface area contributed by atoms with Gasteiger partial charge in [0.15, 0.2) is 6.29 Å². The fourth-order valence-corrected chi connectivity index (χ4v) is 1.24. The highest BCUT2D eigenvalue weighted by Crippen LogP contribution is 2.23. The summed E-state index contributed by atoms with van der Waals surface area (Å²) in [5.74, 6) is 1.09. The maximum absolute atomic E-state index is 10.8. The third-order valence-corrected chi connectivity index (χ3v) is 2.07. The van der Waals surface area contributed by atoms with E-state index in [2.05, 4.69) is 0 Å². The fraction of sp³-hybridized carbons (Fsp3) is 0.417. The summed E-state index contributed by atoms with van der Waals surface area (Å²) >= 11 is 0. The number of carbonyl (C=O) groups excluding carboxylic acids is 1. The summed E-state index contributed by atoms with van der Waals surface area (Å²) in [6.45, 7) is 0.935. The first kappa shape index (κ1) is 13.5. The molecule has 0 saturated carbocycles. The van der Waals surface area contributed by atoms with Crippen LogP contribution in [-0.2, 0) is 4.74 Å². The number of carbonyl (C=O) groups is 1. The molecule has 0 radical (unpaired) electrons. The van der Waals surface area contributed by atoms with Gasteiger partial charge in [0.05, 0.1) is 32.5 Å². The van der Waals surface area contributed by atoms with Crippen molar-refractivity contribution < 1.29 is 24.1 Å². The van der Waals surface area contributed by atoms with Crippen LogP contribution in [0.3, 0.4) is 0 Å². The zero-order valence-corrected chi connectivity index (χ0v) is 9.72. The number of aliphatic hydroxyl groups excluding tert-OH is 1. The van der Waals surface area contributed by atoms with Gasteiger partial charge in [-0.15, -0.1) is 0 Å². The molecule has 0 unspecified atom stereocenters. The Bertz CT molecular complexity index is 351. The summed E-state index contributed by atoms with van der Waals surface area (Å²) in [5, 5.41) is 8.50. The smallest absolute Gasteiger partial charge is 0.153 e. The van der Waals surface area contributed by atoms with Crippen LogP contribution in [0.2, 0.25) is 0 Å². The first-order chi connectivity index (χ1) is 8.31. The van der Waals surface area contributed by atoms with Crippen molar-refractivity contribution in [2.75, 3.05) is 33.5 Å². The molecular weight excluding hydrogens is 224 g/mol. The molecule has 0 spiro atoms. The molecule has 5 nitrogen and oxygen atoms in total. The maximum Gasteiger partial charge on any atom is 0.153 e. The molecule has 0 bridgehead atoms. The van der Waals surface area contributed by atoms with Gasteiger partial charge in [0.1, 0.15) is 18.1 Å². The van der Waals surface area contributed by atoms with Crippen LogP contribution in [0.1, 0.15) is 10.4 Å². The Morgan fingerprint density at radius 2 is 2.12 bits per heavy atom. The van der Waals surface area contributed by atoms with Crippen molar-refractivity contribution in [1.82, 2.24) is 0 Å². The number of ether oxygens (including phenoxy) is 3. The topological polar surface area (TPSA) is 65.0 Å². The summed E-state index contributed by atoms with van der Waals surface area (Å²) in [4.78, 5) is 10.8. The highest BCUT2D eigenvalue weighted by atomic mass is 16.5. The first-order valence-corrected chi connectivity index (χ1v) is 5.26. The van der Waals surface area contributed by atoms with Gasteiger partial charge in [0.2, 0.25) is 0 Å². The summed E-state index contributed by atoms with van der Waals surface area (Å²) in [6, 6.07) is 4.98. The average molecular weight is 240 g/mol. The van der Waals surface area contributed by atoms with Gasteiger partial charge in [-0.25, -0.2) is 0 Å². The van der Waals surface area contributed by atoms with E-state index in [4.69, 9.17) is 19.3 Å². The van der Waals surface area contributed by atoms with E-state index in [1.54, 1.807) is 25.3 Å². The summed E-state index contributed by atoms with van der Waals surface area (Å²) in [5.41, 5.74) is 0.466. The minimum atomic E-state index is -0.0151. The van der Waals surface area contributed by atoms with E-state index >= 15 is 0 Å². The molecule has 94 valence electrons. The number of hydrogen-bond donors (Lipinski definition) is 1. The Morgan fingerprint density at radius 1 is 1.29 bits per heavy atom. The number of benzene rings is 1. The molecular formula is C12H16O5. The van der Waals surface area contributed by atoms with Gasteiger partial charge in [-0.2, -0.15) is 0 Å². The number of aldehydes is 1. The fourth-order valence-electron chi connectivity index (χ4n) is 1.24. The van der Waals surface area contributed by atoms with Gasteiger partial charge < -0.3 is 19.3 Å². The van der Waals surface area contributed by atoms with Crippen molar-refractivity contribution >= 4 is 6.29 Å². The van der Waals surface area contributed by atoms with Crippen LogP contribution in [0.25, 0.3) is 0 Å². The molecule has 1 N–H and O–H groups in total. The zero-order chi connectivity index (χ0) is 12.5. The lowest BCUT2D eigenvalue weighted by atomic mass is 10.2. The molecule has 0 heterocycles. The van der Waals surface area contributed by atoms with Crippen molar-refractivity contribution in [3.05, 3.63) is 23.8 Å². The lowest BCUT2D eigenvalue weighted by molar-refractivity contribution is 0.0702. The van der Waals surface area contributed by atoms with Gasteiger partial charge in [0.25, 0.3) is 0 Å². The molecule has 0 atom stereocenters. The largest absolute Gasteiger partial charge is 0.497 e. The van der Waals surface area contributed by atoms with Crippen LogP contribution >= 0.6 is 0 Å². The second kappa shape index (κ2) is 7.65. The predicted octanol–water partition coefficient (Wildman–Crippen LogP) is 0.895. The normalized spacial score (nSPS) is 10.0. The third-order valence-electron chi connectivity index (χ3n) is 2.07. The number of methoxy groups -OCH3 is 1. The van der Waals surface area contributed by atoms with Gasteiger partial charge in [0, 0.05) is 6.07 Å². The molecule has 0 saturated heterocycles. The monoisotopic (exact) mass is 240 g/mol. The van der Waals surface area contributed by atoms with Crippen molar-refractivity contribution in [3.63, 3.8) is 0 Å². The highest BCUT2D eigenvalue weighted by Gasteiger charge is 2.04. The zero-order valence-electron chi connectivity index (χ0n) is 9.72. The molecule has 0 amide bonds. The minimum Gasteiger partial charge on any atom is -0.497 e. The van der Waals surface area contributed by atoms with E-state index in [1.165, 1.54) is 0 Å². The number of rotatable bonds is 8. The van der Waals surface area contributed by atoms with Crippen LogP contribution in [0.5, 0.6) is 11.5 Å². The lowest BCUT2D eigenvalue weighted by Gasteiger charge is -2.10. The summed E-state index contributed by atoms with van der Waals surface area (Å²) < 4.78 is 15.5. The Labute approximate surface area is 99.9 Å². The lowest BCUT2D eigenvalue weighted by Crippen LogP contribution is -2.10. The van der Waals surface area contributed by atoms with E-state index in [0.29, 0.717) is 30.3 Å². The molecule has 0 aliphatic heterocycles. The van der Waals surface area contributed by atoms with E-state index < -0.39 is 0 Å². The van der Waals surface area contributed by atoms with E-state index in [-0.39, 0.29) is 13.2 Å². The van der Waals surface area contributed by atoms with Crippen LogP contribution in [-0.4, -0.2) is 44.9 Å². The maximum atomic E-state index is 10.8. The Balaban J connectivity index is 2.52. The average Bonchev–Trinajstić information content (AvgIpc) is 2.38. The minimum absolute atomic E-state index is 0.0151. The van der Waals surface area contributed by atoms with Crippen LogP contribution in [0.4, 0.5) is 0 Å². The third kappa shape index (κ3) is 4.42. The Hall–Kier alpha value is -1.59. The van der Waals surface area contributed by atoms with Crippen LogP contribution < -0.4 is 9.47 Å². The van der Waals surface area contributed by atoms with E-state index in [9.17, 15) is 4.79 Å². The van der Waals surface area contributed by atoms with Gasteiger partial charge in [-0.05, 0) is 12.1 Å². The molecule has 1 aromatic rings. The molecule has 1 rings (SSSR count). The van der Waals surface area contributed by atoms with Crippen molar-refractivity contribution in [2.24, 2.45) is 0 Å². The predicted molar refractivity (Wildman–Crippen MR) is 61.8 cm³/mol. The quantitative estimate of drug-likeness (QED) is 0.540. The molecule has 5 heteroatoms. The van der Waals surface area contributed by atoms with Crippen LogP contribution in [0, 0.1) is 0 Å². The molecule has 0 fully saturated rings. The molecule has 0 aromatic heterocycles. The Kier molecular flexibility index (Phi) is 6.06. The second-order valence-electron chi connectivity index (χ2n) is 3.21. The number of hydrogen-bond acceptors (Lipinski definition) is 5. The van der Waals surface area contributed by atoms with Crippen molar-refractivity contribution in [1.29, 1.82) is 0 Å². The molecule has 17 heavy (non-hydrogen) atoms. The molecule has 1 aromatic carbocycles. The van der Waals surface area contributed by atoms with E-state index in [1.807, 2.05) is 0 Å². The van der Waals surface area contributed by atoms with E-state index in [0.717, 1.165) is 6.29 Å². The van der Waals surface area contributed by atoms with Gasteiger partial charge in [-0.3, -0.25) is 4.79 Å². The summed E-state index contributed by atoms with van der Waals surface area (Å²) in [7, 11) is 1.55. The van der Waals surface area contributed by atoms with Crippen molar-refractivity contribution in [2.45, 2.75) is 0 Å². The van der Waals surface area contributed by atoms with Crippen molar-refractivity contribution in [3.8, 4) is 11.5 Å². The first-order valence-electron chi connectivity index (χ1n) is 5.26. The van der Waals surface area contributed by atoms with Gasteiger partial charge in [-0.1, -0.05) is 0 Å². The summed E-state index contributed by atoms with van der Waals surface area (Å²) in [6.07, 6.45) is 0.726. The SMILES string of the molecule is COc1ccc(C=O)c(OCCOCCO)c1. The number of aliphatic hydroxyl groups is 1. The molecule has 0 aliphatic rings. The standard InChI is InChI=1S/C12H16O5/c1-15-11-3-2-10(9-14)12(8-11)17-7-6-16-5-4-13/h2-3,8-9,13H,4-7H2,1H3. The molecule has 0 aliphatic carbocycles.